The van der Waals surface area contributed by atoms with E-state index < -0.39 is 0 Å². The second kappa shape index (κ2) is 8.39. The first-order valence-electron chi connectivity index (χ1n) is 8.70. The number of thioether (sulfide) groups is 1. The molecule has 0 bridgehead atoms. The molecule has 0 heterocycles. The average molecular weight is 427 g/mol. The van der Waals surface area contributed by atoms with Gasteiger partial charge in [0.15, 0.2) is 0 Å². The second-order valence-electron chi connectivity index (χ2n) is 6.32. The van der Waals surface area contributed by atoms with Crippen molar-refractivity contribution in [3.63, 3.8) is 0 Å². The minimum absolute atomic E-state index is 0.146. The zero-order valence-corrected chi connectivity index (χ0v) is 17.1. The van der Waals surface area contributed by atoms with Crippen molar-refractivity contribution in [2.45, 2.75) is 5.25 Å². The smallest absolute Gasteiger partial charge is 0.250 e. The molecule has 4 rings (SSSR count). The van der Waals surface area contributed by atoms with Crippen molar-refractivity contribution in [3.8, 4) is 11.1 Å². The van der Waals surface area contributed by atoms with Crippen LogP contribution in [0.4, 0.5) is 0 Å². The maximum Gasteiger partial charge on any atom is 0.250 e. The largest absolute Gasteiger partial charge is 0.272 e. The van der Waals surface area contributed by atoms with Gasteiger partial charge in [0.25, 0.3) is 0 Å². The van der Waals surface area contributed by atoms with Gasteiger partial charge in [0, 0.05) is 10.6 Å². The molecule has 0 unspecified atom stereocenters. The Morgan fingerprint density at radius 2 is 1.64 bits per heavy atom. The third kappa shape index (κ3) is 3.95. The van der Waals surface area contributed by atoms with E-state index in [4.69, 9.17) is 23.2 Å². The lowest BCUT2D eigenvalue weighted by Gasteiger charge is -2.12. The minimum atomic E-state index is -0.159. The SMILES string of the molecule is O=C(CSC1c2ccccc2-c2ccccc21)N/N=C\c1ccc(Cl)cc1Cl. The lowest BCUT2D eigenvalue weighted by molar-refractivity contribution is -0.118. The zero-order valence-electron chi connectivity index (χ0n) is 14.7. The highest BCUT2D eigenvalue weighted by Crippen LogP contribution is 2.49. The van der Waals surface area contributed by atoms with Crippen molar-refractivity contribution in [2.24, 2.45) is 5.10 Å². The van der Waals surface area contributed by atoms with E-state index >= 15 is 0 Å². The quantitative estimate of drug-likeness (QED) is 0.404. The Bertz CT molecular complexity index is 1020. The standard InChI is InChI=1S/C22H16Cl2N2OS/c23-15-10-9-14(20(24)11-15)12-25-26-21(27)13-28-22-18-7-3-1-5-16(18)17-6-2-4-8-19(17)22/h1-12,22H,13H2,(H,26,27)/b25-12-. The van der Waals surface area contributed by atoms with Gasteiger partial charge in [0.2, 0.25) is 5.91 Å². The maximum absolute atomic E-state index is 12.3. The van der Waals surface area contributed by atoms with Gasteiger partial charge < -0.3 is 0 Å². The van der Waals surface area contributed by atoms with Gasteiger partial charge in [-0.15, -0.1) is 11.8 Å². The molecule has 3 aromatic rings. The van der Waals surface area contributed by atoms with Gasteiger partial charge in [-0.05, 0) is 34.4 Å². The number of nitrogens with zero attached hydrogens (tertiary/aromatic N) is 1. The molecular formula is C22H16Cl2N2OS. The Labute approximate surface area is 177 Å². The summed E-state index contributed by atoms with van der Waals surface area (Å²) in [6.07, 6.45) is 1.52. The fraction of sp³-hybridized carbons (Fsp3) is 0.0909. The number of fused-ring (bicyclic) bond motifs is 3. The number of rotatable bonds is 5. The molecule has 0 aliphatic heterocycles. The molecule has 3 nitrogen and oxygen atoms in total. The molecule has 1 aliphatic rings. The minimum Gasteiger partial charge on any atom is -0.272 e. The van der Waals surface area contributed by atoms with Gasteiger partial charge in [-0.2, -0.15) is 5.10 Å². The Morgan fingerprint density at radius 3 is 2.29 bits per heavy atom. The van der Waals surface area contributed by atoms with Crippen LogP contribution in [0.1, 0.15) is 21.9 Å². The highest BCUT2D eigenvalue weighted by Gasteiger charge is 2.28. The fourth-order valence-electron chi connectivity index (χ4n) is 3.26. The molecule has 0 saturated carbocycles. The summed E-state index contributed by atoms with van der Waals surface area (Å²) < 4.78 is 0. The number of nitrogens with one attached hydrogen (secondary N) is 1. The Hall–Kier alpha value is -2.27. The molecule has 28 heavy (non-hydrogen) atoms. The molecule has 1 N–H and O–H groups in total. The summed E-state index contributed by atoms with van der Waals surface area (Å²) in [5.74, 6) is 0.146. The van der Waals surface area contributed by atoms with Crippen molar-refractivity contribution in [3.05, 3.63) is 93.5 Å². The van der Waals surface area contributed by atoms with E-state index in [1.807, 2.05) is 24.3 Å². The number of hydrazone groups is 1. The molecule has 0 spiro atoms. The molecule has 0 aromatic heterocycles. The molecule has 6 heteroatoms. The third-order valence-corrected chi connectivity index (χ3v) is 6.35. The first kappa shape index (κ1) is 19.1. The van der Waals surface area contributed by atoms with Crippen LogP contribution < -0.4 is 5.43 Å². The lowest BCUT2D eigenvalue weighted by Crippen LogP contribution is -2.20. The first-order chi connectivity index (χ1) is 13.6. The predicted molar refractivity (Wildman–Crippen MR) is 118 cm³/mol. The number of benzene rings is 3. The Morgan fingerprint density at radius 1 is 1.00 bits per heavy atom. The third-order valence-electron chi connectivity index (χ3n) is 4.51. The molecule has 3 aromatic carbocycles. The Balaban J connectivity index is 1.41. The monoisotopic (exact) mass is 426 g/mol. The number of halogens is 2. The van der Waals surface area contributed by atoms with Crippen molar-refractivity contribution in [2.75, 3.05) is 5.75 Å². The van der Waals surface area contributed by atoms with Gasteiger partial charge in [0.1, 0.15) is 0 Å². The summed E-state index contributed by atoms with van der Waals surface area (Å²) >= 11 is 13.6. The van der Waals surface area contributed by atoms with E-state index in [9.17, 15) is 4.79 Å². The van der Waals surface area contributed by atoms with Crippen LogP contribution in [-0.4, -0.2) is 17.9 Å². The Kier molecular flexibility index (Phi) is 5.72. The van der Waals surface area contributed by atoms with E-state index in [0.717, 1.165) is 0 Å². The lowest BCUT2D eigenvalue weighted by atomic mass is 10.1. The van der Waals surface area contributed by atoms with E-state index in [1.54, 1.807) is 30.0 Å². The summed E-state index contributed by atoms with van der Waals surface area (Å²) in [4.78, 5) is 12.3. The van der Waals surface area contributed by atoms with Gasteiger partial charge in [0.05, 0.1) is 22.2 Å². The van der Waals surface area contributed by atoms with Crippen molar-refractivity contribution in [1.82, 2.24) is 5.43 Å². The van der Waals surface area contributed by atoms with Gasteiger partial charge in [-0.1, -0.05) is 77.8 Å². The van der Waals surface area contributed by atoms with Gasteiger partial charge in [-0.25, -0.2) is 5.43 Å². The second-order valence-corrected chi connectivity index (χ2v) is 8.26. The van der Waals surface area contributed by atoms with Gasteiger partial charge >= 0.3 is 0 Å². The first-order valence-corrected chi connectivity index (χ1v) is 10.5. The van der Waals surface area contributed by atoms with Gasteiger partial charge in [-0.3, -0.25) is 4.79 Å². The summed E-state index contributed by atoms with van der Waals surface area (Å²) in [6.45, 7) is 0. The van der Waals surface area contributed by atoms with Crippen LogP contribution in [0.2, 0.25) is 10.0 Å². The van der Waals surface area contributed by atoms with Crippen LogP contribution in [0, 0.1) is 0 Å². The number of hydrogen-bond donors (Lipinski definition) is 1. The van der Waals surface area contributed by atoms with E-state index in [0.29, 0.717) is 21.4 Å². The molecule has 1 amide bonds. The highest BCUT2D eigenvalue weighted by molar-refractivity contribution is 8.00. The summed E-state index contributed by atoms with van der Waals surface area (Å²) in [5.41, 5.74) is 8.24. The van der Waals surface area contributed by atoms with Crippen LogP contribution in [0.3, 0.4) is 0 Å². The number of amides is 1. The number of carbonyl (C=O) groups is 1. The molecule has 0 saturated heterocycles. The molecule has 0 fully saturated rings. The van der Waals surface area contributed by atoms with Crippen molar-refractivity contribution in [1.29, 1.82) is 0 Å². The van der Waals surface area contributed by atoms with Crippen LogP contribution in [0.5, 0.6) is 0 Å². The van der Waals surface area contributed by atoms with Crippen LogP contribution in [0.25, 0.3) is 11.1 Å². The molecule has 0 atom stereocenters. The predicted octanol–water partition coefficient (Wildman–Crippen LogP) is 5.95. The summed E-state index contributed by atoms with van der Waals surface area (Å²) in [6, 6.07) is 21.8. The molecule has 0 radical (unpaired) electrons. The van der Waals surface area contributed by atoms with Crippen molar-refractivity contribution < 1.29 is 4.79 Å². The zero-order chi connectivity index (χ0) is 19.5. The fourth-order valence-corrected chi connectivity index (χ4v) is 4.87. The number of carbonyl (C=O) groups excluding carboxylic acids is 1. The summed E-state index contributed by atoms with van der Waals surface area (Å²) in [7, 11) is 0. The average Bonchev–Trinajstić information content (AvgIpc) is 3.02. The van der Waals surface area contributed by atoms with E-state index in [2.05, 4.69) is 34.8 Å². The maximum atomic E-state index is 12.3. The normalized spacial score (nSPS) is 12.8. The van der Waals surface area contributed by atoms with E-state index in [1.165, 1.54) is 28.5 Å². The molecule has 140 valence electrons. The highest BCUT2D eigenvalue weighted by atomic mass is 35.5. The number of hydrogen-bond acceptors (Lipinski definition) is 3. The van der Waals surface area contributed by atoms with E-state index in [-0.39, 0.29) is 11.2 Å². The van der Waals surface area contributed by atoms with Crippen molar-refractivity contribution >= 4 is 47.1 Å². The van der Waals surface area contributed by atoms with Crippen LogP contribution in [-0.2, 0) is 4.79 Å². The molecular weight excluding hydrogens is 411 g/mol. The molecule has 1 aliphatic carbocycles. The topological polar surface area (TPSA) is 41.5 Å². The van der Waals surface area contributed by atoms with Crippen LogP contribution in [0.15, 0.2) is 71.8 Å². The van der Waals surface area contributed by atoms with Crippen LogP contribution >= 0.6 is 35.0 Å². The summed E-state index contributed by atoms with van der Waals surface area (Å²) in [5, 5.41) is 5.19.